The van der Waals surface area contributed by atoms with Crippen molar-refractivity contribution in [3.63, 3.8) is 0 Å². The number of benzene rings is 2. The molecule has 3 heterocycles. The molecule has 5 rings (SSSR count). The number of hydrogen-bond acceptors (Lipinski definition) is 7. The van der Waals surface area contributed by atoms with Crippen LogP contribution in [0.15, 0.2) is 54.6 Å². The fourth-order valence-electron chi connectivity index (χ4n) is 4.83. The quantitative estimate of drug-likeness (QED) is 0.529. The number of fused-ring (bicyclic) bond motifs is 1. The fourth-order valence-corrected chi connectivity index (χ4v) is 4.83. The third kappa shape index (κ3) is 6.10. The van der Waals surface area contributed by atoms with Crippen LogP contribution in [0.1, 0.15) is 51.7 Å². The smallest absolute Gasteiger partial charge is 0.410 e. The van der Waals surface area contributed by atoms with E-state index >= 15 is 0 Å². The molecule has 2 aromatic carbocycles. The molecule has 2 aliphatic rings. The lowest BCUT2D eigenvalue weighted by atomic mass is 9.83. The predicted octanol–water partition coefficient (Wildman–Crippen LogP) is 4.07. The summed E-state index contributed by atoms with van der Waals surface area (Å²) in [5.74, 6) is 1.27. The van der Waals surface area contributed by atoms with Gasteiger partial charge in [0.05, 0.1) is 6.54 Å². The lowest BCUT2D eigenvalue weighted by Crippen LogP contribution is -2.50. The first-order valence-electron chi connectivity index (χ1n) is 13.2. The number of nitrogens with zero attached hydrogens (tertiary/aromatic N) is 5. The molecule has 1 aromatic heterocycles. The van der Waals surface area contributed by atoms with Gasteiger partial charge in [0.1, 0.15) is 17.0 Å². The van der Waals surface area contributed by atoms with Gasteiger partial charge in [0.15, 0.2) is 0 Å². The van der Waals surface area contributed by atoms with Crippen LogP contribution in [0, 0.1) is 0 Å². The van der Waals surface area contributed by atoms with Crippen molar-refractivity contribution in [1.29, 1.82) is 0 Å². The van der Waals surface area contributed by atoms with Gasteiger partial charge in [-0.05, 0) is 49.3 Å². The third-order valence-corrected chi connectivity index (χ3v) is 6.75. The minimum absolute atomic E-state index is 0.0923. The summed E-state index contributed by atoms with van der Waals surface area (Å²) in [6, 6.07) is 16.2. The Morgan fingerprint density at radius 1 is 1.05 bits per heavy atom. The van der Waals surface area contributed by atoms with Gasteiger partial charge in [0.25, 0.3) is 0 Å². The molecule has 0 saturated carbocycles. The molecular formula is C29H34N6O4. The van der Waals surface area contributed by atoms with Crippen LogP contribution >= 0.6 is 0 Å². The van der Waals surface area contributed by atoms with Crippen LogP contribution in [0.25, 0.3) is 17.0 Å². The van der Waals surface area contributed by atoms with Crippen LogP contribution in [0.3, 0.4) is 0 Å². The largest absolute Gasteiger partial charge is 0.482 e. The number of rotatable bonds is 5. The zero-order valence-electron chi connectivity index (χ0n) is 22.8. The van der Waals surface area contributed by atoms with E-state index in [1.165, 1.54) is 11.7 Å². The number of carbonyl (C=O) groups excluding carboxylic acids is 2. The lowest BCUT2D eigenvalue weighted by molar-refractivity contribution is -0.119. The van der Waals surface area contributed by atoms with Crippen molar-refractivity contribution in [3.05, 3.63) is 65.7 Å². The van der Waals surface area contributed by atoms with Gasteiger partial charge in [-0.15, -0.1) is 10.2 Å². The first kappa shape index (κ1) is 26.4. The normalized spacial score (nSPS) is 16.2. The van der Waals surface area contributed by atoms with Gasteiger partial charge in [-0.25, -0.2) is 4.79 Å². The molecule has 10 heteroatoms. The van der Waals surface area contributed by atoms with Gasteiger partial charge in [0.2, 0.25) is 11.7 Å². The predicted molar refractivity (Wildman–Crippen MR) is 146 cm³/mol. The lowest BCUT2D eigenvalue weighted by Gasteiger charge is -2.43. The summed E-state index contributed by atoms with van der Waals surface area (Å²) in [4.78, 5) is 26.9. The van der Waals surface area contributed by atoms with Gasteiger partial charge >= 0.3 is 6.09 Å². The summed E-state index contributed by atoms with van der Waals surface area (Å²) >= 11 is 0. The van der Waals surface area contributed by atoms with Crippen LogP contribution in [-0.4, -0.2) is 67.9 Å². The van der Waals surface area contributed by atoms with Gasteiger partial charge < -0.3 is 19.7 Å². The zero-order chi connectivity index (χ0) is 27.6. The van der Waals surface area contributed by atoms with Gasteiger partial charge in [-0.3, -0.25) is 4.79 Å². The minimum atomic E-state index is -0.526. The van der Waals surface area contributed by atoms with E-state index in [0.29, 0.717) is 44.8 Å². The summed E-state index contributed by atoms with van der Waals surface area (Å²) in [5.41, 5.74) is 3.02. The maximum atomic E-state index is 12.6. The molecule has 1 spiro atoms. The molecule has 1 fully saturated rings. The Morgan fingerprint density at radius 3 is 2.44 bits per heavy atom. The second-order valence-corrected chi connectivity index (χ2v) is 11.0. The van der Waals surface area contributed by atoms with E-state index in [1.54, 1.807) is 4.90 Å². The standard InChI is InChI=1S/C29H34N6O4/c1-20(36)30-15-18-35-32-26(31-33-35)22-11-9-21(10-12-22)24-19-29(38-25-8-6-5-7-23(24)25)13-16-34(17-14-29)27(37)39-28(2,3)4/h5-12,19H,13-18H2,1-4H3,(H,30,36). The Balaban J connectivity index is 1.35. The number of nitrogens with one attached hydrogen (secondary N) is 1. The second-order valence-electron chi connectivity index (χ2n) is 11.0. The number of para-hydroxylation sites is 1. The average molecular weight is 531 g/mol. The van der Waals surface area contributed by atoms with Crippen molar-refractivity contribution >= 4 is 17.6 Å². The zero-order valence-corrected chi connectivity index (χ0v) is 22.8. The number of aromatic nitrogens is 4. The number of tetrazole rings is 1. The maximum absolute atomic E-state index is 12.6. The maximum Gasteiger partial charge on any atom is 0.410 e. The van der Waals surface area contributed by atoms with E-state index in [4.69, 9.17) is 9.47 Å². The van der Waals surface area contributed by atoms with E-state index in [0.717, 1.165) is 28.0 Å². The monoisotopic (exact) mass is 530 g/mol. The summed E-state index contributed by atoms with van der Waals surface area (Å²) < 4.78 is 12.1. The van der Waals surface area contributed by atoms with E-state index in [2.05, 4.69) is 45.0 Å². The Bertz CT molecular complexity index is 1380. The summed E-state index contributed by atoms with van der Waals surface area (Å²) in [6.07, 6.45) is 3.28. The summed E-state index contributed by atoms with van der Waals surface area (Å²) in [6.45, 7) is 9.12. The first-order valence-corrected chi connectivity index (χ1v) is 13.2. The van der Waals surface area contributed by atoms with Crippen molar-refractivity contribution in [3.8, 4) is 17.1 Å². The molecule has 3 aromatic rings. The Labute approximate surface area is 228 Å². The molecule has 0 atom stereocenters. The highest BCUT2D eigenvalue weighted by Crippen LogP contribution is 2.43. The third-order valence-electron chi connectivity index (χ3n) is 6.75. The number of ether oxygens (including phenoxy) is 2. The van der Waals surface area contributed by atoms with E-state index < -0.39 is 11.2 Å². The summed E-state index contributed by atoms with van der Waals surface area (Å²) in [5, 5.41) is 15.4. The topological polar surface area (TPSA) is 111 Å². The molecule has 10 nitrogen and oxygen atoms in total. The van der Waals surface area contributed by atoms with Crippen molar-refractivity contribution in [1.82, 2.24) is 30.4 Å². The van der Waals surface area contributed by atoms with Crippen LogP contribution < -0.4 is 10.1 Å². The van der Waals surface area contributed by atoms with Crippen molar-refractivity contribution in [2.24, 2.45) is 0 Å². The second kappa shape index (κ2) is 10.5. The molecule has 0 aliphatic carbocycles. The van der Waals surface area contributed by atoms with Crippen LogP contribution in [-0.2, 0) is 16.1 Å². The van der Waals surface area contributed by atoms with Crippen molar-refractivity contribution < 1.29 is 19.1 Å². The first-order chi connectivity index (χ1) is 18.6. The molecule has 0 bridgehead atoms. The van der Waals surface area contributed by atoms with Crippen LogP contribution in [0.4, 0.5) is 4.79 Å². The highest BCUT2D eigenvalue weighted by Gasteiger charge is 2.40. The Morgan fingerprint density at radius 2 is 1.74 bits per heavy atom. The minimum Gasteiger partial charge on any atom is -0.482 e. The summed E-state index contributed by atoms with van der Waals surface area (Å²) in [7, 11) is 0. The van der Waals surface area contributed by atoms with Gasteiger partial charge in [-0.1, -0.05) is 42.5 Å². The number of piperidine rings is 1. The molecule has 0 unspecified atom stereocenters. The Hall–Kier alpha value is -4.21. The highest BCUT2D eigenvalue weighted by molar-refractivity contribution is 5.85. The van der Waals surface area contributed by atoms with E-state index in [1.807, 2.05) is 51.1 Å². The highest BCUT2D eigenvalue weighted by atomic mass is 16.6. The molecule has 2 amide bonds. The van der Waals surface area contributed by atoms with Crippen molar-refractivity contribution in [2.75, 3.05) is 19.6 Å². The Kier molecular flexibility index (Phi) is 7.12. The van der Waals surface area contributed by atoms with Crippen LogP contribution in [0.2, 0.25) is 0 Å². The fraction of sp³-hybridized carbons (Fsp3) is 0.414. The number of likely N-dealkylation sites (tertiary alicyclic amines) is 1. The molecule has 39 heavy (non-hydrogen) atoms. The average Bonchev–Trinajstić information content (AvgIpc) is 3.36. The van der Waals surface area contributed by atoms with Crippen molar-refractivity contribution in [2.45, 2.75) is 58.3 Å². The molecule has 2 aliphatic heterocycles. The number of hydrogen-bond donors (Lipinski definition) is 1. The SMILES string of the molecule is CC(=O)NCCn1nnc(-c2ccc(C3=CC4(CCN(C(=O)OC(C)(C)C)CC4)Oc4ccccc43)cc2)n1. The van der Waals surface area contributed by atoms with Gasteiger partial charge in [-0.2, -0.15) is 4.80 Å². The molecule has 204 valence electrons. The van der Waals surface area contributed by atoms with E-state index in [9.17, 15) is 9.59 Å². The molecule has 0 radical (unpaired) electrons. The molecule has 1 saturated heterocycles. The van der Waals surface area contributed by atoms with Gasteiger partial charge in [0, 0.05) is 50.5 Å². The number of amides is 2. The van der Waals surface area contributed by atoms with E-state index in [-0.39, 0.29) is 12.0 Å². The molecule has 1 N–H and O–H groups in total. The molecular weight excluding hydrogens is 496 g/mol. The van der Waals surface area contributed by atoms with Crippen LogP contribution in [0.5, 0.6) is 5.75 Å². The number of carbonyl (C=O) groups is 2.